The second-order valence-corrected chi connectivity index (χ2v) is 22.4. The van der Waals surface area contributed by atoms with Gasteiger partial charge in [0.15, 0.2) is 18.7 Å². The zero-order valence-corrected chi connectivity index (χ0v) is 36.7. The fourth-order valence-corrected chi connectivity index (χ4v) is 12.0. The molecule has 0 amide bonds. The number of fused-ring (bicyclic) bond motifs is 1. The van der Waals surface area contributed by atoms with Crippen LogP contribution in [0.4, 0.5) is 0 Å². The van der Waals surface area contributed by atoms with Crippen molar-refractivity contribution in [1.82, 2.24) is 0 Å². The summed E-state index contributed by atoms with van der Waals surface area (Å²) < 4.78 is 58.8. The molecule has 8 unspecified atom stereocenters. The standard InChI is InChI=1S/C45H59N3O11Si/c1-28(2)45(5,6)60(7,8)44-36(47-48-46)39(52-24-31-18-12-9-13-19-31)37(35(57-44)26-51-29(3)49)59-43-41(55-30(4)50)40(53-25-32-20-14-10-15-21-32)38-34(56-43)27-54-42(58-38)33-22-16-11-17-23-33/h9-23,28,34-44H,24-27H2,1-8H3/t34?,35?,36?,37-,38+,39?,40?,41?,42?,43+,44?/m1/s1. The number of esters is 2. The van der Waals surface area contributed by atoms with Crippen LogP contribution in [0.5, 0.6) is 0 Å². The summed E-state index contributed by atoms with van der Waals surface area (Å²) >= 11 is 0. The highest BCUT2D eigenvalue weighted by atomic mass is 28.3. The summed E-state index contributed by atoms with van der Waals surface area (Å²) in [6.45, 7) is 16.0. The van der Waals surface area contributed by atoms with E-state index >= 15 is 0 Å². The highest BCUT2D eigenvalue weighted by Gasteiger charge is 2.60. The molecule has 324 valence electrons. The average molecular weight is 846 g/mol. The topological polar surface area (TPSA) is 166 Å². The molecule has 0 aliphatic carbocycles. The molecule has 3 aliphatic rings. The summed E-state index contributed by atoms with van der Waals surface area (Å²) in [7, 11) is -2.59. The molecule has 3 saturated heterocycles. The highest BCUT2D eigenvalue weighted by Crippen LogP contribution is 2.50. The molecular weight excluding hydrogens is 787 g/mol. The van der Waals surface area contributed by atoms with Crippen LogP contribution in [0.2, 0.25) is 18.1 Å². The molecule has 0 spiro atoms. The molecule has 0 bridgehead atoms. The minimum Gasteiger partial charge on any atom is -0.463 e. The SMILES string of the molecule is CC(=O)OCC1OC([Si](C)(C)C(C)(C)C(C)C)C(N=[N+]=[N-])C(OCc2ccccc2)[C@@H]1O[C@@H]1OC2COC(c3ccccc3)O[C@@H]2C(OCc2ccccc2)C1OC(C)=O. The van der Waals surface area contributed by atoms with Crippen molar-refractivity contribution in [3.05, 3.63) is 118 Å². The molecule has 3 aromatic rings. The second-order valence-electron chi connectivity index (χ2n) is 17.1. The Morgan fingerprint density at radius 2 is 1.40 bits per heavy atom. The summed E-state index contributed by atoms with van der Waals surface area (Å²) in [5.41, 5.74) is 12.1. The average Bonchev–Trinajstić information content (AvgIpc) is 3.23. The predicted molar refractivity (Wildman–Crippen MR) is 224 cm³/mol. The van der Waals surface area contributed by atoms with Crippen molar-refractivity contribution < 1.29 is 52.2 Å². The summed E-state index contributed by atoms with van der Waals surface area (Å²) in [5.74, 6) is -0.860. The Kier molecular flexibility index (Phi) is 15.2. The molecule has 0 aromatic heterocycles. The molecule has 60 heavy (non-hydrogen) atoms. The van der Waals surface area contributed by atoms with Gasteiger partial charge in [-0.05, 0) is 27.6 Å². The first kappa shape index (κ1) is 45.4. The Bertz CT molecular complexity index is 1900. The number of benzene rings is 3. The maximum atomic E-state index is 13.0. The van der Waals surface area contributed by atoms with Crippen LogP contribution in [0.15, 0.2) is 96.1 Å². The van der Waals surface area contributed by atoms with E-state index in [4.69, 9.17) is 42.6 Å². The molecule has 11 atom stereocenters. The van der Waals surface area contributed by atoms with Crippen molar-refractivity contribution in [2.75, 3.05) is 13.2 Å². The van der Waals surface area contributed by atoms with Gasteiger partial charge in [-0.2, -0.15) is 0 Å². The lowest BCUT2D eigenvalue weighted by molar-refractivity contribution is -0.381. The second kappa shape index (κ2) is 20.1. The number of nitrogens with zero attached hydrogens (tertiary/aromatic N) is 3. The van der Waals surface area contributed by atoms with E-state index in [-0.39, 0.29) is 37.4 Å². The Balaban J connectivity index is 1.42. The lowest BCUT2D eigenvalue weighted by atomic mass is 9.95. The molecular formula is C45H59N3O11Si. The van der Waals surface area contributed by atoms with Crippen LogP contribution in [0.3, 0.4) is 0 Å². The van der Waals surface area contributed by atoms with Crippen molar-refractivity contribution in [3.63, 3.8) is 0 Å². The van der Waals surface area contributed by atoms with Crippen LogP contribution < -0.4 is 0 Å². The van der Waals surface area contributed by atoms with E-state index in [1.165, 1.54) is 13.8 Å². The highest BCUT2D eigenvalue weighted by molar-refractivity contribution is 6.81. The Labute approximate surface area is 353 Å². The van der Waals surface area contributed by atoms with E-state index in [0.717, 1.165) is 16.7 Å². The largest absolute Gasteiger partial charge is 0.463 e. The van der Waals surface area contributed by atoms with Gasteiger partial charge in [0.1, 0.15) is 37.1 Å². The zero-order chi connectivity index (χ0) is 43.0. The van der Waals surface area contributed by atoms with Gasteiger partial charge in [0.25, 0.3) is 0 Å². The van der Waals surface area contributed by atoms with Gasteiger partial charge < -0.3 is 42.6 Å². The lowest BCUT2D eigenvalue weighted by Crippen LogP contribution is -2.70. The normalized spacial score (nSPS) is 29.5. The van der Waals surface area contributed by atoms with Gasteiger partial charge in [-0.15, -0.1) is 0 Å². The van der Waals surface area contributed by atoms with Crippen LogP contribution in [0.25, 0.3) is 10.4 Å². The van der Waals surface area contributed by atoms with Gasteiger partial charge in [0.2, 0.25) is 0 Å². The van der Waals surface area contributed by atoms with Crippen molar-refractivity contribution >= 4 is 20.0 Å². The number of carbonyl (C=O) groups is 2. The minimum atomic E-state index is -2.59. The van der Waals surface area contributed by atoms with Crippen molar-refractivity contribution in [2.45, 2.75) is 140 Å². The first-order chi connectivity index (χ1) is 28.7. The molecule has 14 nitrogen and oxygen atoms in total. The molecule has 3 aliphatic heterocycles. The van der Waals surface area contributed by atoms with E-state index in [9.17, 15) is 15.1 Å². The summed E-state index contributed by atoms with van der Waals surface area (Å²) in [6.07, 6.45) is -8.57. The summed E-state index contributed by atoms with van der Waals surface area (Å²) in [6, 6.07) is 27.9. The lowest BCUT2D eigenvalue weighted by Gasteiger charge is -2.55. The first-order valence-corrected chi connectivity index (χ1v) is 23.7. The molecule has 0 saturated carbocycles. The fraction of sp³-hybridized carbons (Fsp3) is 0.556. The molecule has 0 N–H and O–H groups in total. The monoisotopic (exact) mass is 845 g/mol. The third-order valence-electron chi connectivity index (χ3n) is 12.6. The van der Waals surface area contributed by atoms with Crippen LogP contribution in [-0.2, 0) is 65.4 Å². The number of hydrogen-bond acceptors (Lipinski definition) is 12. The number of hydrogen-bond donors (Lipinski definition) is 0. The Morgan fingerprint density at radius 1 is 0.817 bits per heavy atom. The van der Waals surface area contributed by atoms with Gasteiger partial charge in [-0.25, -0.2) is 0 Å². The fourth-order valence-electron chi connectivity index (χ4n) is 8.14. The third kappa shape index (κ3) is 10.5. The Hall–Kier alpha value is -4.15. The molecule has 15 heteroatoms. The van der Waals surface area contributed by atoms with E-state index in [0.29, 0.717) is 0 Å². The van der Waals surface area contributed by atoms with Crippen molar-refractivity contribution in [3.8, 4) is 0 Å². The third-order valence-corrected chi connectivity index (χ3v) is 18.4. The molecule has 3 heterocycles. The van der Waals surface area contributed by atoms with Crippen LogP contribution in [0, 0.1) is 5.92 Å². The van der Waals surface area contributed by atoms with Crippen LogP contribution in [0.1, 0.15) is 64.5 Å². The van der Waals surface area contributed by atoms with Crippen molar-refractivity contribution in [1.29, 1.82) is 0 Å². The van der Waals surface area contributed by atoms with Crippen LogP contribution >= 0.6 is 0 Å². The van der Waals surface area contributed by atoms with E-state index in [2.05, 4.69) is 50.8 Å². The minimum absolute atomic E-state index is 0.0988. The quantitative estimate of drug-likeness (QED) is 0.0451. The zero-order valence-electron chi connectivity index (χ0n) is 35.7. The summed E-state index contributed by atoms with van der Waals surface area (Å²) in [4.78, 5) is 28.8. The van der Waals surface area contributed by atoms with Crippen LogP contribution in [-0.4, -0.2) is 94.0 Å². The van der Waals surface area contributed by atoms with E-state index < -0.39 is 87.1 Å². The maximum Gasteiger partial charge on any atom is 0.303 e. The van der Waals surface area contributed by atoms with Gasteiger partial charge in [-0.1, -0.05) is 137 Å². The Morgan fingerprint density at radius 3 is 1.95 bits per heavy atom. The van der Waals surface area contributed by atoms with Gasteiger partial charge in [0.05, 0.1) is 45.8 Å². The predicted octanol–water partition coefficient (Wildman–Crippen LogP) is 8.01. The molecule has 3 fully saturated rings. The van der Waals surface area contributed by atoms with E-state index in [1.54, 1.807) is 0 Å². The maximum absolute atomic E-state index is 13.0. The molecule has 6 rings (SSSR count). The summed E-state index contributed by atoms with van der Waals surface area (Å²) in [5, 5.41) is 4.19. The van der Waals surface area contributed by atoms with Crippen molar-refractivity contribution in [2.24, 2.45) is 11.0 Å². The first-order valence-electron chi connectivity index (χ1n) is 20.7. The van der Waals surface area contributed by atoms with Gasteiger partial charge in [-0.3, -0.25) is 9.59 Å². The van der Waals surface area contributed by atoms with Gasteiger partial charge in [0, 0.05) is 24.3 Å². The number of ether oxygens (including phenoxy) is 9. The number of carbonyl (C=O) groups excluding carboxylic acids is 2. The smallest absolute Gasteiger partial charge is 0.303 e. The van der Waals surface area contributed by atoms with E-state index in [1.807, 2.05) is 91.0 Å². The van der Waals surface area contributed by atoms with Gasteiger partial charge >= 0.3 is 11.9 Å². The molecule has 0 radical (unpaired) electrons. The number of rotatable bonds is 16. The number of azide groups is 1. The molecule has 3 aromatic carbocycles.